The molecule has 5 heteroatoms. The lowest BCUT2D eigenvalue weighted by molar-refractivity contribution is -0.149. The summed E-state index contributed by atoms with van der Waals surface area (Å²) in [7, 11) is 1.39. The van der Waals surface area contributed by atoms with Crippen molar-refractivity contribution in [3.05, 3.63) is 0 Å². The SMILES string of the molecule is COC(=O)C1CC(C2CCCCC2)CCN1C(=O)OC(C)(C)C. The number of esters is 1. The van der Waals surface area contributed by atoms with Crippen LogP contribution < -0.4 is 0 Å². The number of ether oxygens (including phenoxy) is 2. The summed E-state index contributed by atoms with van der Waals surface area (Å²) < 4.78 is 10.4. The number of hydrogen-bond donors (Lipinski definition) is 0. The Morgan fingerprint density at radius 1 is 1.00 bits per heavy atom. The van der Waals surface area contributed by atoms with Crippen molar-refractivity contribution in [1.82, 2.24) is 4.90 Å². The van der Waals surface area contributed by atoms with Crippen LogP contribution in [0, 0.1) is 11.8 Å². The summed E-state index contributed by atoms with van der Waals surface area (Å²) in [4.78, 5) is 26.2. The van der Waals surface area contributed by atoms with Crippen molar-refractivity contribution < 1.29 is 19.1 Å². The minimum Gasteiger partial charge on any atom is -0.467 e. The highest BCUT2D eigenvalue weighted by molar-refractivity contribution is 5.81. The van der Waals surface area contributed by atoms with Crippen molar-refractivity contribution in [3.63, 3.8) is 0 Å². The van der Waals surface area contributed by atoms with Gasteiger partial charge < -0.3 is 9.47 Å². The Balaban J connectivity index is 2.05. The van der Waals surface area contributed by atoms with E-state index < -0.39 is 17.7 Å². The molecule has 2 unspecified atom stereocenters. The Morgan fingerprint density at radius 2 is 1.65 bits per heavy atom. The molecule has 23 heavy (non-hydrogen) atoms. The third kappa shape index (κ3) is 4.85. The average molecular weight is 325 g/mol. The van der Waals surface area contributed by atoms with E-state index in [1.165, 1.54) is 39.2 Å². The molecule has 2 fully saturated rings. The summed E-state index contributed by atoms with van der Waals surface area (Å²) in [6.45, 7) is 6.10. The fourth-order valence-corrected chi connectivity index (χ4v) is 3.92. The van der Waals surface area contributed by atoms with Crippen LogP contribution in [0.1, 0.15) is 65.7 Å². The molecule has 1 amide bonds. The third-order valence-corrected chi connectivity index (χ3v) is 5.06. The van der Waals surface area contributed by atoms with Crippen LogP contribution in [0.15, 0.2) is 0 Å². The van der Waals surface area contributed by atoms with Crippen molar-refractivity contribution in [1.29, 1.82) is 0 Å². The van der Waals surface area contributed by atoms with E-state index in [0.717, 1.165) is 6.42 Å². The Labute approximate surface area is 139 Å². The summed E-state index contributed by atoms with van der Waals surface area (Å²) >= 11 is 0. The van der Waals surface area contributed by atoms with Crippen molar-refractivity contribution in [3.8, 4) is 0 Å². The summed E-state index contributed by atoms with van der Waals surface area (Å²) in [6, 6.07) is -0.504. The molecule has 132 valence electrons. The lowest BCUT2D eigenvalue weighted by Gasteiger charge is -2.41. The van der Waals surface area contributed by atoms with Gasteiger partial charge in [-0.1, -0.05) is 32.1 Å². The zero-order valence-electron chi connectivity index (χ0n) is 15.0. The molecule has 2 rings (SSSR count). The minimum absolute atomic E-state index is 0.323. The number of rotatable bonds is 2. The van der Waals surface area contributed by atoms with Crippen LogP contribution in [0.2, 0.25) is 0 Å². The van der Waals surface area contributed by atoms with E-state index in [2.05, 4.69) is 0 Å². The lowest BCUT2D eigenvalue weighted by Crippen LogP contribution is -2.52. The van der Waals surface area contributed by atoms with E-state index in [1.54, 1.807) is 4.90 Å². The second-order valence-electron chi connectivity index (χ2n) is 7.90. The van der Waals surface area contributed by atoms with E-state index in [9.17, 15) is 9.59 Å². The number of likely N-dealkylation sites (tertiary alicyclic amines) is 1. The summed E-state index contributed by atoms with van der Waals surface area (Å²) in [6.07, 6.45) is 7.67. The van der Waals surface area contributed by atoms with Crippen LogP contribution >= 0.6 is 0 Å². The maximum Gasteiger partial charge on any atom is 0.411 e. The summed E-state index contributed by atoms with van der Waals surface area (Å²) in [5.41, 5.74) is -0.558. The molecule has 1 aliphatic carbocycles. The van der Waals surface area contributed by atoms with Gasteiger partial charge in [-0.3, -0.25) is 4.90 Å². The first-order valence-electron chi connectivity index (χ1n) is 8.89. The summed E-state index contributed by atoms with van der Waals surface area (Å²) in [5, 5.41) is 0. The lowest BCUT2D eigenvalue weighted by atomic mass is 9.74. The number of piperidine rings is 1. The third-order valence-electron chi connectivity index (χ3n) is 5.06. The van der Waals surface area contributed by atoms with Crippen LogP contribution in [0.5, 0.6) is 0 Å². The largest absolute Gasteiger partial charge is 0.467 e. The van der Waals surface area contributed by atoms with Crippen molar-refractivity contribution >= 4 is 12.1 Å². The van der Waals surface area contributed by atoms with Gasteiger partial charge in [-0.2, -0.15) is 0 Å². The maximum atomic E-state index is 12.4. The van der Waals surface area contributed by atoms with Crippen LogP contribution in [0.3, 0.4) is 0 Å². The van der Waals surface area contributed by atoms with E-state index in [4.69, 9.17) is 9.47 Å². The molecule has 0 N–H and O–H groups in total. The van der Waals surface area contributed by atoms with E-state index >= 15 is 0 Å². The van der Waals surface area contributed by atoms with Gasteiger partial charge in [0.05, 0.1) is 7.11 Å². The first-order chi connectivity index (χ1) is 10.8. The number of methoxy groups -OCH3 is 1. The smallest absolute Gasteiger partial charge is 0.411 e. The molecular formula is C18H31NO4. The summed E-state index contributed by atoms with van der Waals surface area (Å²) in [5.74, 6) is 0.881. The quantitative estimate of drug-likeness (QED) is 0.726. The molecule has 1 saturated carbocycles. The number of hydrogen-bond acceptors (Lipinski definition) is 4. The number of nitrogens with zero attached hydrogens (tertiary/aromatic N) is 1. The molecule has 5 nitrogen and oxygen atoms in total. The van der Waals surface area contributed by atoms with E-state index in [1.807, 2.05) is 20.8 Å². The topological polar surface area (TPSA) is 55.8 Å². The predicted octanol–water partition coefficient (Wildman–Crippen LogP) is 3.76. The van der Waals surface area contributed by atoms with Crippen LogP contribution in [0.4, 0.5) is 4.79 Å². The Morgan fingerprint density at radius 3 is 2.22 bits per heavy atom. The predicted molar refractivity (Wildman–Crippen MR) is 88.0 cm³/mol. The molecule has 1 saturated heterocycles. The Bertz CT molecular complexity index is 423. The molecule has 0 aromatic heterocycles. The minimum atomic E-state index is -0.558. The van der Waals surface area contributed by atoms with Crippen molar-refractivity contribution in [2.24, 2.45) is 11.8 Å². The molecule has 0 bridgehead atoms. The zero-order chi connectivity index (χ0) is 17.0. The standard InChI is InChI=1S/C18H31NO4/c1-18(2,3)23-17(21)19-11-10-14(12-15(19)16(20)22-4)13-8-6-5-7-9-13/h13-15H,5-12H2,1-4H3. The molecule has 1 heterocycles. The van der Waals surface area contributed by atoms with Gasteiger partial charge in [-0.25, -0.2) is 9.59 Å². The molecular weight excluding hydrogens is 294 g/mol. The van der Waals surface area contributed by atoms with Gasteiger partial charge in [0.15, 0.2) is 0 Å². The Hall–Kier alpha value is -1.26. The highest BCUT2D eigenvalue weighted by atomic mass is 16.6. The van der Waals surface area contributed by atoms with Gasteiger partial charge in [0.25, 0.3) is 0 Å². The number of carbonyl (C=O) groups is 2. The zero-order valence-corrected chi connectivity index (χ0v) is 15.0. The normalized spacial score (nSPS) is 26.7. The monoisotopic (exact) mass is 325 g/mol. The Kier molecular flexibility index (Phi) is 5.93. The van der Waals surface area contributed by atoms with Gasteiger partial charge in [0.1, 0.15) is 11.6 Å². The second-order valence-corrected chi connectivity index (χ2v) is 7.90. The van der Waals surface area contributed by atoms with E-state index in [0.29, 0.717) is 24.8 Å². The highest BCUT2D eigenvalue weighted by Crippen LogP contribution is 2.38. The van der Waals surface area contributed by atoms with Gasteiger partial charge >= 0.3 is 12.1 Å². The van der Waals surface area contributed by atoms with Crippen LogP contribution in [-0.4, -0.2) is 42.3 Å². The van der Waals surface area contributed by atoms with Crippen molar-refractivity contribution in [2.45, 2.75) is 77.4 Å². The molecule has 0 spiro atoms. The van der Waals surface area contributed by atoms with Gasteiger partial charge in [0, 0.05) is 6.54 Å². The fourth-order valence-electron chi connectivity index (χ4n) is 3.92. The molecule has 1 aliphatic heterocycles. The molecule has 2 atom stereocenters. The second kappa shape index (κ2) is 7.54. The van der Waals surface area contributed by atoms with Gasteiger partial charge in [0.2, 0.25) is 0 Å². The molecule has 0 radical (unpaired) electrons. The molecule has 0 aromatic carbocycles. The average Bonchev–Trinajstić information content (AvgIpc) is 2.52. The number of carbonyl (C=O) groups excluding carboxylic acids is 2. The van der Waals surface area contributed by atoms with Gasteiger partial charge in [-0.05, 0) is 45.4 Å². The van der Waals surface area contributed by atoms with E-state index in [-0.39, 0.29) is 5.97 Å². The molecule has 0 aromatic rings. The number of amides is 1. The first-order valence-corrected chi connectivity index (χ1v) is 8.89. The van der Waals surface area contributed by atoms with Gasteiger partial charge in [-0.15, -0.1) is 0 Å². The van der Waals surface area contributed by atoms with Crippen LogP contribution in [-0.2, 0) is 14.3 Å². The van der Waals surface area contributed by atoms with Crippen molar-refractivity contribution in [2.75, 3.05) is 13.7 Å². The van der Waals surface area contributed by atoms with Crippen LogP contribution in [0.25, 0.3) is 0 Å². The molecule has 2 aliphatic rings. The highest BCUT2D eigenvalue weighted by Gasteiger charge is 2.41. The maximum absolute atomic E-state index is 12.4. The fraction of sp³-hybridized carbons (Fsp3) is 0.889. The first kappa shape index (κ1) is 18.1.